The third kappa shape index (κ3) is 3.53. The molecule has 0 unspecified atom stereocenters. The van der Waals surface area contributed by atoms with Gasteiger partial charge in [-0.05, 0) is 29.8 Å². The lowest BCUT2D eigenvalue weighted by Gasteiger charge is -2.07. The van der Waals surface area contributed by atoms with E-state index in [2.05, 4.69) is 5.32 Å². The number of nitro benzene ring substituents is 1. The van der Waals surface area contributed by atoms with Crippen molar-refractivity contribution in [3.8, 4) is 0 Å². The summed E-state index contributed by atoms with van der Waals surface area (Å²) >= 11 is 0. The monoisotopic (exact) mass is 290 g/mol. The van der Waals surface area contributed by atoms with Crippen LogP contribution in [0.25, 0.3) is 0 Å². The maximum atomic E-state index is 13.0. The van der Waals surface area contributed by atoms with E-state index < -0.39 is 16.6 Å². The molecule has 0 atom stereocenters. The van der Waals surface area contributed by atoms with Crippen LogP contribution in [0.5, 0.6) is 0 Å². The number of aromatic carboxylic acids is 1. The average molecular weight is 290 g/mol. The molecular formula is C14H11FN2O4. The third-order valence-corrected chi connectivity index (χ3v) is 2.81. The first-order valence-corrected chi connectivity index (χ1v) is 5.97. The molecule has 0 aliphatic heterocycles. The highest BCUT2D eigenvalue weighted by Gasteiger charge is 2.19. The average Bonchev–Trinajstić information content (AvgIpc) is 2.44. The second kappa shape index (κ2) is 6.00. The molecule has 0 fully saturated rings. The van der Waals surface area contributed by atoms with E-state index in [1.807, 2.05) is 0 Å². The van der Waals surface area contributed by atoms with Crippen molar-refractivity contribution in [2.45, 2.75) is 6.54 Å². The highest BCUT2D eigenvalue weighted by molar-refractivity contribution is 5.93. The maximum absolute atomic E-state index is 13.0. The summed E-state index contributed by atoms with van der Waals surface area (Å²) < 4.78 is 13.0. The van der Waals surface area contributed by atoms with E-state index in [-0.39, 0.29) is 17.9 Å². The number of carbonyl (C=O) groups is 1. The first-order valence-electron chi connectivity index (χ1n) is 5.97. The molecular weight excluding hydrogens is 279 g/mol. The molecule has 0 saturated heterocycles. The normalized spacial score (nSPS) is 10.1. The van der Waals surface area contributed by atoms with Crippen LogP contribution in [-0.4, -0.2) is 16.0 Å². The number of halogens is 1. The van der Waals surface area contributed by atoms with Gasteiger partial charge in [-0.3, -0.25) is 10.1 Å². The molecule has 0 radical (unpaired) electrons. The van der Waals surface area contributed by atoms with Crippen LogP contribution in [0, 0.1) is 15.9 Å². The molecule has 108 valence electrons. The van der Waals surface area contributed by atoms with Crippen LogP contribution in [0.3, 0.4) is 0 Å². The molecule has 21 heavy (non-hydrogen) atoms. The van der Waals surface area contributed by atoms with Gasteiger partial charge >= 0.3 is 5.97 Å². The summed E-state index contributed by atoms with van der Waals surface area (Å²) in [5, 5.41) is 22.6. The van der Waals surface area contributed by atoms with Gasteiger partial charge in [0.2, 0.25) is 0 Å². The summed E-state index contributed by atoms with van der Waals surface area (Å²) in [5.41, 5.74) is 0.180. The van der Waals surface area contributed by atoms with Gasteiger partial charge in [-0.2, -0.15) is 0 Å². The number of carboxylic acids is 1. The SMILES string of the molecule is O=C(O)c1ccc(NCc2cccc(F)c2)cc1[N+](=O)[O-]. The largest absolute Gasteiger partial charge is 0.477 e. The standard InChI is InChI=1S/C14H11FN2O4/c15-10-3-1-2-9(6-10)8-16-11-4-5-12(14(18)19)13(7-11)17(20)21/h1-7,16H,8H2,(H,18,19). The first-order chi connectivity index (χ1) is 9.97. The molecule has 0 aliphatic carbocycles. The number of nitro groups is 1. The minimum atomic E-state index is -1.36. The molecule has 0 amide bonds. The van der Waals surface area contributed by atoms with Gasteiger partial charge in [0.25, 0.3) is 5.69 Å². The fraction of sp³-hybridized carbons (Fsp3) is 0.0714. The van der Waals surface area contributed by atoms with Crippen LogP contribution < -0.4 is 5.32 Å². The van der Waals surface area contributed by atoms with Crippen molar-refractivity contribution in [2.75, 3.05) is 5.32 Å². The van der Waals surface area contributed by atoms with Crippen LogP contribution in [0.1, 0.15) is 15.9 Å². The lowest BCUT2D eigenvalue weighted by molar-refractivity contribution is -0.385. The smallest absolute Gasteiger partial charge is 0.342 e. The molecule has 0 saturated carbocycles. The maximum Gasteiger partial charge on any atom is 0.342 e. The number of hydrogen-bond donors (Lipinski definition) is 2. The Morgan fingerprint density at radius 1 is 1.29 bits per heavy atom. The summed E-state index contributed by atoms with van der Waals surface area (Å²) in [4.78, 5) is 21.0. The van der Waals surface area contributed by atoms with Gasteiger partial charge in [0, 0.05) is 18.3 Å². The minimum Gasteiger partial charge on any atom is -0.477 e. The van der Waals surface area contributed by atoms with Crippen LogP contribution in [0.15, 0.2) is 42.5 Å². The van der Waals surface area contributed by atoms with E-state index in [9.17, 15) is 19.3 Å². The van der Waals surface area contributed by atoms with Crippen molar-refractivity contribution in [1.82, 2.24) is 0 Å². The van der Waals surface area contributed by atoms with Crippen molar-refractivity contribution in [2.24, 2.45) is 0 Å². The molecule has 0 aromatic heterocycles. The summed E-state index contributed by atoms with van der Waals surface area (Å²) in [7, 11) is 0. The molecule has 7 heteroatoms. The Hall–Kier alpha value is -2.96. The molecule has 0 aliphatic rings. The van der Waals surface area contributed by atoms with Gasteiger partial charge in [0.05, 0.1) is 4.92 Å². The topological polar surface area (TPSA) is 92.5 Å². The highest BCUT2D eigenvalue weighted by Crippen LogP contribution is 2.23. The predicted molar refractivity (Wildman–Crippen MR) is 73.8 cm³/mol. The summed E-state index contributed by atoms with van der Waals surface area (Å²) in [5.74, 6) is -1.74. The first kappa shape index (κ1) is 14.4. The molecule has 0 heterocycles. The molecule has 0 spiro atoms. The Morgan fingerprint density at radius 3 is 2.67 bits per heavy atom. The number of benzene rings is 2. The Kier molecular flexibility index (Phi) is 4.13. The molecule has 2 rings (SSSR count). The van der Waals surface area contributed by atoms with Crippen LogP contribution in [0.4, 0.5) is 15.8 Å². The number of rotatable bonds is 5. The van der Waals surface area contributed by atoms with Crippen molar-refractivity contribution in [3.05, 3.63) is 69.5 Å². The quantitative estimate of drug-likeness (QED) is 0.652. The number of anilines is 1. The summed E-state index contributed by atoms with van der Waals surface area (Å²) in [6, 6.07) is 9.65. The Labute approximate surface area is 119 Å². The van der Waals surface area contributed by atoms with E-state index in [0.717, 1.165) is 12.1 Å². The van der Waals surface area contributed by atoms with E-state index in [0.29, 0.717) is 11.3 Å². The second-order valence-electron chi connectivity index (χ2n) is 4.28. The molecule has 0 bridgehead atoms. The number of nitrogens with zero attached hydrogens (tertiary/aromatic N) is 1. The van der Waals surface area contributed by atoms with Gasteiger partial charge in [-0.15, -0.1) is 0 Å². The molecule has 2 aromatic carbocycles. The van der Waals surface area contributed by atoms with E-state index in [4.69, 9.17) is 5.11 Å². The lowest BCUT2D eigenvalue weighted by Crippen LogP contribution is -2.05. The molecule has 2 N–H and O–H groups in total. The number of nitrogens with one attached hydrogen (secondary N) is 1. The Bertz CT molecular complexity index is 703. The highest BCUT2D eigenvalue weighted by atomic mass is 19.1. The minimum absolute atomic E-state index is 0.265. The van der Waals surface area contributed by atoms with Gasteiger partial charge < -0.3 is 10.4 Å². The van der Waals surface area contributed by atoms with E-state index in [1.54, 1.807) is 12.1 Å². The fourth-order valence-electron chi connectivity index (χ4n) is 1.82. The third-order valence-electron chi connectivity index (χ3n) is 2.81. The zero-order valence-corrected chi connectivity index (χ0v) is 10.7. The second-order valence-corrected chi connectivity index (χ2v) is 4.28. The van der Waals surface area contributed by atoms with Gasteiger partial charge in [-0.25, -0.2) is 9.18 Å². The number of carboxylic acid groups (broad SMARTS) is 1. The van der Waals surface area contributed by atoms with Crippen LogP contribution >= 0.6 is 0 Å². The van der Waals surface area contributed by atoms with Crippen LogP contribution in [-0.2, 0) is 6.54 Å². The molecule has 2 aromatic rings. The summed E-state index contributed by atoms with van der Waals surface area (Å²) in [6.45, 7) is 0.265. The van der Waals surface area contributed by atoms with E-state index in [1.165, 1.54) is 18.2 Å². The van der Waals surface area contributed by atoms with Gasteiger partial charge in [0.1, 0.15) is 11.4 Å². The zero-order valence-electron chi connectivity index (χ0n) is 10.7. The predicted octanol–water partition coefficient (Wildman–Crippen LogP) is 3.04. The Morgan fingerprint density at radius 2 is 2.05 bits per heavy atom. The Balaban J connectivity index is 2.19. The van der Waals surface area contributed by atoms with Crippen molar-refractivity contribution < 1.29 is 19.2 Å². The van der Waals surface area contributed by atoms with Gasteiger partial charge in [0.15, 0.2) is 0 Å². The fourth-order valence-corrected chi connectivity index (χ4v) is 1.82. The van der Waals surface area contributed by atoms with Crippen molar-refractivity contribution in [1.29, 1.82) is 0 Å². The lowest BCUT2D eigenvalue weighted by atomic mass is 10.1. The van der Waals surface area contributed by atoms with Crippen molar-refractivity contribution >= 4 is 17.3 Å². The van der Waals surface area contributed by atoms with E-state index >= 15 is 0 Å². The summed E-state index contributed by atoms with van der Waals surface area (Å²) in [6.07, 6.45) is 0. The van der Waals surface area contributed by atoms with Crippen molar-refractivity contribution in [3.63, 3.8) is 0 Å². The van der Waals surface area contributed by atoms with Gasteiger partial charge in [-0.1, -0.05) is 12.1 Å². The van der Waals surface area contributed by atoms with Crippen LogP contribution in [0.2, 0.25) is 0 Å². The number of hydrogen-bond acceptors (Lipinski definition) is 4. The molecule has 6 nitrogen and oxygen atoms in total. The zero-order chi connectivity index (χ0) is 15.4.